The van der Waals surface area contributed by atoms with Crippen molar-refractivity contribution < 1.29 is 4.79 Å². The van der Waals surface area contributed by atoms with Gasteiger partial charge in [0.25, 0.3) is 0 Å². The highest BCUT2D eigenvalue weighted by atomic mass is 16.1. The molecule has 0 unspecified atom stereocenters. The molecule has 39 heavy (non-hydrogen) atoms. The van der Waals surface area contributed by atoms with Gasteiger partial charge in [-0.05, 0) is 54.4 Å². The minimum absolute atomic E-state index is 0.0887. The molecule has 0 atom stereocenters. The summed E-state index contributed by atoms with van der Waals surface area (Å²) in [6, 6.07) is 16.1. The van der Waals surface area contributed by atoms with Crippen LogP contribution < -0.4 is 5.69 Å². The van der Waals surface area contributed by atoms with E-state index in [9.17, 15) is 9.59 Å². The van der Waals surface area contributed by atoms with Crippen LogP contribution in [0, 0.1) is 6.92 Å². The molecule has 0 saturated heterocycles. The average molecular weight is 516 g/mol. The van der Waals surface area contributed by atoms with Crippen molar-refractivity contribution >= 4 is 39.3 Å². The van der Waals surface area contributed by atoms with Gasteiger partial charge in [0.2, 0.25) is 0 Å². The molecule has 0 radical (unpaired) electrons. The maximum absolute atomic E-state index is 12.6. The van der Waals surface area contributed by atoms with Crippen LogP contribution in [-0.4, -0.2) is 39.7 Å². The molecule has 1 N–H and O–H groups in total. The number of aromatic amines is 1. The van der Waals surface area contributed by atoms with Gasteiger partial charge in [-0.3, -0.25) is 23.2 Å². The molecule has 7 aromatic rings. The molecule has 4 heterocycles. The summed E-state index contributed by atoms with van der Waals surface area (Å²) < 4.78 is 7.06. The molecule has 3 aromatic carbocycles. The summed E-state index contributed by atoms with van der Waals surface area (Å²) in [7, 11) is 5.39. The molecular formula is C30H25N7O2. The Balaban J connectivity index is 1.57. The number of carbonyl (C=O) groups is 1. The molecule has 7 rings (SSSR count). The summed E-state index contributed by atoms with van der Waals surface area (Å²) in [5.41, 5.74) is 9.24. The van der Waals surface area contributed by atoms with E-state index in [2.05, 4.69) is 39.8 Å². The summed E-state index contributed by atoms with van der Waals surface area (Å²) >= 11 is 0. The van der Waals surface area contributed by atoms with Crippen molar-refractivity contribution in [3.05, 3.63) is 88.7 Å². The van der Waals surface area contributed by atoms with Crippen molar-refractivity contribution in [2.45, 2.75) is 6.92 Å². The van der Waals surface area contributed by atoms with Crippen molar-refractivity contribution in [3.8, 4) is 28.2 Å². The van der Waals surface area contributed by atoms with E-state index in [0.717, 1.165) is 73.0 Å². The Kier molecular flexibility index (Phi) is 4.81. The Hall–Kier alpha value is -5.18. The van der Waals surface area contributed by atoms with Gasteiger partial charge in [0.05, 0.1) is 28.3 Å². The Morgan fingerprint density at radius 1 is 0.897 bits per heavy atom. The second-order valence-electron chi connectivity index (χ2n) is 10.0. The number of aryl methyl sites for hydroxylation is 4. The van der Waals surface area contributed by atoms with E-state index in [0.29, 0.717) is 5.56 Å². The predicted octanol–water partition coefficient (Wildman–Crippen LogP) is 4.89. The topological polar surface area (TPSA) is 95.4 Å². The van der Waals surface area contributed by atoms with Gasteiger partial charge in [-0.1, -0.05) is 12.1 Å². The molecule has 0 aliphatic carbocycles. The maximum atomic E-state index is 12.6. The highest BCUT2D eigenvalue weighted by Crippen LogP contribution is 2.36. The molecule has 9 heteroatoms. The summed E-state index contributed by atoms with van der Waals surface area (Å²) in [4.78, 5) is 33.5. The lowest BCUT2D eigenvalue weighted by Gasteiger charge is -2.11. The van der Waals surface area contributed by atoms with Gasteiger partial charge in [0.1, 0.15) is 5.82 Å². The summed E-state index contributed by atoms with van der Waals surface area (Å²) in [6.07, 6.45) is 6.48. The molecule has 0 aliphatic heterocycles. The van der Waals surface area contributed by atoms with E-state index < -0.39 is 0 Å². The lowest BCUT2D eigenvalue weighted by molar-refractivity contribution is 0.112. The van der Waals surface area contributed by atoms with Crippen LogP contribution in [0.25, 0.3) is 61.2 Å². The molecule has 0 aliphatic rings. The number of nitrogens with one attached hydrogen (secondary N) is 1. The zero-order valence-electron chi connectivity index (χ0n) is 21.9. The molecule has 9 nitrogen and oxygen atoms in total. The Morgan fingerprint density at radius 2 is 1.72 bits per heavy atom. The monoisotopic (exact) mass is 515 g/mol. The van der Waals surface area contributed by atoms with Crippen LogP contribution in [0.5, 0.6) is 0 Å². The van der Waals surface area contributed by atoms with E-state index in [1.165, 1.54) is 0 Å². The van der Waals surface area contributed by atoms with E-state index in [-0.39, 0.29) is 5.69 Å². The molecule has 0 spiro atoms. The summed E-state index contributed by atoms with van der Waals surface area (Å²) in [6.45, 7) is 2.06. The van der Waals surface area contributed by atoms with Gasteiger partial charge in [-0.2, -0.15) is 5.10 Å². The molecule has 192 valence electrons. The average Bonchev–Trinajstić information content (AvgIpc) is 3.69. The number of fused-ring (bicyclic) bond motifs is 3. The minimum Gasteiger partial charge on any atom is -0.360 e. The number of aldehydes is 1. The fraction of sp³-hybridized carbons (Fsp3) is 0.133. The van der Waals surface area contributed by atoms with Crippen molar-refractivity contribution in [2.75, 3.05) is 0 Å². The quantitative estimate of drug-likeness (QED) is 0.338. The molecule has 0 fully saturated rings. The lowest BCUT2D eigenvalue weighted by Crippen LogP contribution is -2.19. The van der Waals surface area contributed by atoms with Crippen LogP contribution in [0.3, 0.4) is 0 Å². The first-order valence-electron chi connectivity index (χ1n) is 12.6. The number of carbonyl (C=O) groups excluding carboxylic acids is 1. The normalized spacial score (nSPS) is 11.8. The van der Waals surface area contributed by atoms with Gasteiger partial charge in [0, 0.05) is 66.8 Å². The third-order valence-corrected chi connectivity index (χ3v) is 7.56. The van der Waals surface area contributed by atoms with Crippen molar-refractivity contribution in [2.24, 2.45) is 21.1 Å². The van der Waals surface area contributed by atoms with E-state index in [1.807, 2.05) is 49.8 Å². The second kappa shape index (κ2) is 8.16. The molecular weight excluding hydrogens is 490 g/mol. The first-order chi connectivity index (χ1) is 18.8. The molecule has 0 bridgehead atoms. The number of rotatable bonds is 4. The molecule has 0 amide bonds. The number of benzene rings is 3. The van der Waals surface area contributed by atoms with Gasteiger partial charge in [-0.25, -0.2) is 9.78 Å². The van der Waals surface area contributed by atoms with Crippen LogP contribution in [0.2, 0.25) is 0 Å². The second-order valence-corrected chi connectivity index (χ2v) is 10.0. The summed E-state index contributed by atoms with van der Waals surface area (Å²) in [5.74, 6) is 0.737. The Bertz CT molecular complexity index is 2170. The first-order valence-corrected chi connectivity index (χ1v) is 12.6. The standard InChI is InChI=1S/C30H25N7O2/c1-17-5-7-21-23(14-31-24(21)9-17)29-33-25-12-22(19-13-32-34(2)15-19)18(16-38)10-27(25)37(29)20-6-8-26-28(11-20)36(4)30(39)35(26)3/h5-16,31H,1-4H3. The third kappa shape index (κ3) is 3.33. The van der Waals surface area contributed by atoms with Crippen LogP contribution in [0.15, 0.2) is 71.9 Å². The maximum Gasteiger partial charge on any atom is 0.328 e. The third-order valence-electron chi connectivity index (χ3n) is 7.56. The van der Waals surface area contributed by atoms with Crippen LogP contribution in [0.1, 0.15) is 15.9 Å². The molecule has 0 saturated carbocycles. The predicted molar refractivity (Wildman–Crippen MR) is 152 cm³/mol. The van der Waals surface area contributed by atoms with Gasteiger partial charge in [0.15, 0.2) is 6.29 Å². The minimum atomic E-state index is -0.0887. The van der Waals surface area contributed by atoms with Crippen LogP contribution >= 0.6 is 0 Å². The van der Waals surface area contributed by atoms with Crippen LogP contribution in [0.4, 0.5) is 0 Å². The van der Waals surface area contributed by atoms with Gasteiger partial charge >= 0.3 is 5.69 Å². The van der Waals surface area contributed by atoms with Crippen molar-refractivity contribution in [1.82, 2.24) is 33.4 Å². The SMILES string of the molecule is Cc1ccc2c(-c3nc4cc(-c5cnn(C)c5)c(C=O)cc4n3-c3ccc4c(c3)n(C)c(=O)n4C)c[nH]c2c1. The Labute approximate surface area is 222 Å². The number of nitrogens with zero attached hydrogens (tertiary/aromatic N) is 6. The van der Waals surface area contributed by atoms with Gasteiger partial charge in [-0.15, -0.1) is 0 Å². The van der Waals surface area contributed by atoms with Gasteiger partial charge < -0.3 is 4.98 Å². The van der Waals surface area contributed by atoms with Crippen molar-refractivity contribution in [3.63, 3.8) is 0 Å². The number of imidazole rings is 2. The molecule has 4 aromatic heterocycles. The number of hydrogen-bond donors (Lipinski definition) is 1. The number of hydrogen-bond acceptors (Lipinski definition) is 4. The zero-order valence-corrected chi connectivity index (χ0v) is 21.9. The fourth-order valence-corrected chi connectivity index (χ4v) is 5.55. The van der Waals surface area contributed by atoms with Crippen LogP contribution in [-0.2, 0) is 21.1 Å². The number of aromatic nitrogens is 7. The first kappa shape index (κ1) is 23.0. The largest absolute Gasteiger partial charge is 0.360 e. The smallest absolute Gasteiger partial charge is 0.328 e. The Morgan fingerprint density at radius 3 is 2.49 bits per heavy atom. The highest BCUT2D eigenvalue weighted by Gasteiger charge is 2.21. The summed E-state index contributed by atoms with van der Waals surface area (Å²) in [5, 5.41) is 5.34. The van der Waals surface area contributed by atoms with E-state index >= 15 is 0 Å². The lowest BCUT2D eigenvalue weighted by atomic mass is 10.0. The number of H-pyrrole nitrogens is 1. The highest BCUT2D eigenvalue weighted by molar-refractivity contribution is 6.00. The van der Waals surface area contributed by atoms with E-state index in [4.69, 9.17) is 4.98 Å². The zero-order chi connectivity index (χ0) is 27.0. The van der Waals surface area contributed by atoms with E-state index in [1.54, 1.807) is 34.1 Å². The fourth-order valence-electron chi connectivity index (χ4n) is 5.55. The van der Waals surface area contributed by atoms with Crippen molar-refractivity contribution in [1.29, 1.82) is 0 Å².